The van der Waals surface area contributed by atoms with Gasteiger partial charge in [-0.2, -0.15) is 0 Å². The quantitative estimate of drug-likeness (QED) is 0.510. The number of esters is 1. The van der Waals surface area contributed by atoms with E-state index in [0.717, 1.165) is 0 Å². The molecule has 4 N–H and O–H groups in total. The first kappa shape index (κ1) is 13.9. The molecular weight excluding hydrogens is 192 g/mol. The molecule has 0 aromatic rings. The number of ether oxygens (including phenoxy) is 1. The highest BCUT2D eigenvalue weighted by Crippen LogP contribution is 2.16. The molecular formula is C11H20N2O2. The highest BCUT2D eigenvalue weighted by molar-refractivity contribution is 5.84. The van der Waals surface area contributed by atoms with Gasteiger partial charge in [0.15, 0.2) is 5.54 Å². The lowest BCUT2D eigenvalue weighted by molar-refractivity contribution is -0.147. The van der Waals surface area contributed by atoms with Crippen LogP contribution in [-0.4, -0.2) is 23.7 Å². The standard InChI is InChI=1S/C11H20N2O2/c1-5-11(13,9(14)15-6-2)8-7-10(3,4)12/h1H,6-8,12-13H2,2-4H3/t11-/m0/s1. The van der Waals surface area contributed by atoms with Crippen LogP contribution >= 0.6 is 0 Å². The van der Waals surface area contributed by atoms with Gasteiger partial charge >= 0.3 is 5.97 Å². The molecule has 15 heavy (non-hydrogen) atoms. The van der Waals surface area contributed by atoms with Crippen LogP contribution in [0.2, 0.25) is 0 Å². The molecule has 0 aromatic carbocycles. The molecule has 0 aliphatic carbocycles. The molecule has 0 fully saturated rings. The minimum absolute atomic E-state index is 0.269. The molecule has 0 unspecified atom stereocenters. The first-order chi connectivity index (χ1) is 6.75. The maximum Gasteiger partial charge on any atom is 0.338 e. The van der Waals surface area contributed by atoms with Gasteiger partial charge < -0.3 is 16.2 Å². The van der Waals surface area contributed by atoms with Crippen molar-refractivity contribution in [2.45, 2.75) is 44.7 Å². The first-order valence-corrected chi connectivity index (χ1v) is 4.98. The number of rotatable bonds is 5. The highest BCUT2D eigenvalue weighted by atomic mass is 16.5. The molecule has 0 heterocycles. The second-order valence-corrected chi connectivity index (χ2v) is 4.32. The summed E-state index contributed by atoms with van der Waals surface area (Å²) >= 11 is 0. The van der Waals surface area contributed by atoms with Crippen molar-refractivity contribution in [3.8, 4) is 12.3 Å². The molecule has 0 saturated carbocycles. The smallest absolute Gasteiger partial charge is 0.338 e. The number of carbonyl (C=O) groups is 1. The van der Waals surface area contributed by atoms with E-state index in [2.05, 4.69) is 5.92 Å². The van der Waals surface area contributed by atoms with Crippen LogP contribution in [0.5, 0.6) is 0 Å². The second kappa shape index (κ2) is 5.15. The van der Waals surface area contributed by atoms with Crippen molar-refractivity contribution in [2.24, 2.45) is 11.5 Å². The van der Waals surface area contributed by atoms with E-state index in [4.69, 9.17) is 22.6 Å². The van der Waals surface area contributed by atoms with Crippen LogP contribution in [0.3, 0.4) is 0 Å². The highest BCUT2D eigenvalue weighted by Gasteiger charge is 2.34. The van der Waals surface area contributed by atoms with Crippen LogP contribution in [0.1, 0.15) is 33.6 Å². The fourth-order valence-electron chi connectivity index (χ4n) is 1.01. The van der Waals surface area contributed by atoms with Gasteiger partial charge in [-0.1, -0.05) is 5.92 Å². The van der Waals surface area contributed by atoms with E-state index in [1.54, 1.807) is 6.92 Å². The molecule has 0 radical (unpaired) electrons. The molecule has 0 spiro atoms. The normalized spacial score (nSPS) is 15.2. The van der Waals surface area contributed by atoms with Crippen LogP contribution in [0.25, 0.3) is 0 Å². The molecule has 0 aromatic heterocycles. The lowest BCUT2D eigenvalue weighted by Crippen LogP contribution is -2.49. The average Bonchev–Trinajstić information content (AvgIpc) is 2.13. The third-order valence-corrected chi connectivity index (χ3v) is 2.06. The second-order valence-electron chi connectivity index (χ2n) is 4.32. The summed E-state index contributed by atoms with van der Waals surface area (Å²) in [7, 11) is 0. The van der Waals surface area contributed by atoms with Crippen LogP contribution < -0.4 is 11.5 Å². The van der Waals surface area contributed by atoms with Gasteiger partial charge in [0.2, 0.25) is 0 Å². The third-order valence-electron chi connectivity index (χ3n) is 2.06. The van der Waals surface area contributed by atoms with Crippen molar-refractivity contribution in [2.75, 3.05) is 6.61 Å². The predicted molar refractivity (Wildman–Crippen MR) is 59.9 cm³/mol. The van der Waals surface area contributed by atoms with E-state index in [-0.39, 0.29) is 6.61 Å². The summed E-state index contributed by atoms with van der Waals surface area (Å²) in [5, 5.41) is 0. The van der Waals surface area contributed by atoms with Gasteiger partial charge in [-0.25, -0.2) is 4.79 Å². The summed E-state index contributed by atoms with van der Waals surface area (Å²) in [5.41, 5.74) is 9.81. The van der Waals surface area contributed by atoms with Gasteiger partial charge in [-0.05, 0) is 33.6 Å². The zero-order valence-corrected chi connectivity index (χ0v) is 9.67. The third kappa shape index (κ3) is 4.82. The Hall–Kier alpha value is -1.05. The van der Waals surface area contributed by atoms with Crippen molar-refractivity contribution in [1.29, 1.82) is 0 Å². The molecule has 1 atom stereocenters. The Morgan fingerprint density at radius 3 is 2.27 bits per heavy atom. The SMILES string of the molecule is C#C[C@](N)(CCC(C)(C)N)C(=O)OCC. The fraction of sp³-hybridized carbons (Fsp3) is 0.727. The van der Waals surface area contributed by atoms with Crippen LogP contribution in [0.15, 0.2) is 0 Å². The van der Waals surface area contributed by atoms with E-state index in [0.29, 0.717) is 12.8 Å². The molecule has 0 aliphatic heterocycles. The lowest BCUT2D eigenvalue weighted by Gasteiger charge is -2.25. The Bertz CT molecular complexity index is 263. The molecule has 0 amide bonds. The minimum atomic E-state index is -1.35. The molecule has 0 bridgehead atoms. The van der Waals surface area contributed by atoms with Gasteiger partial charge in [0.25, 0.3) is 0 Å². The zero-order valence-electron chi connectivity index (χ0n) is 9.67. The van der Waals surface area contributed by atoms with E-state index in [1.165, 1.54) is 0 Å². The molecule has 0 aliphatic rings. The summed E-state index contributed by atoms with van der Waals surface area (Å²) in [6.45, 7) is 5.69. The molecule has 86 valence electrons. The van der Waals surface area contributed by atoms with Gasteiger partial charge in [-0.3, -0.25) is 0 Å². The minimum Gasteiger partial charge on any atom is -0.464 e. The molecule has 4 nitrogen and oxygen atoms in total. The Morgan fingerprint density at radius 2 is 1.93 bits per heavy atom. The predicted octanol–water partition coefficient (Wildman–Crippen LogP) is 0.398. The Kier molecular flexibility index (Phi) is 4.79. The average molecular weight is 212 g/mol. The van der Waals surface area contributed by atoms with Gasteiger partial charge in [0.05, 0.1) is 6.61 Å². The Balaban J connectivity index is 4.46. The fourth-order valence-corrected chi connectivity index (χ4v) is 1.01. The lowest BCUT2D eigenvalue weighted by atomic mass is 9.89. The molecule has 0 saturated heterocycles. The van der Waals surface area contributed by atoms with E-state index >= 15 is 0 Å². The Labute approximate surface area is 91.3 Å². The summed E-state index contributed by atoms with van der Waals surface area (Å²) < 4.78 is 4.82. The van der Waals surface area contributed by atoms with E-state index < -0.39 is 17.0 Å². The summed E-state index contributed by atoms with van der Waals surface area (Å²) in [6, 6.07) is 0. The van der Waals surface area contributed by atoms with Crippen LogP contribution in [0.4, 0.5) is 0 Å². The van der Waals surface area contributed by atoms with Crippen molar-refractivity contribution in [1.82, 2.24) is 0 Å². The van der Waals surface area contributed by atoms with E-state index in [9.17, 15) is 4.79 Å². The van der Waals surface area contributed by atoms with Gasteiger partial charge in [-0.15, -0.1) is 6.42 Å². The largest absolute Gasteiger partial charge is 0.464 e. The van der Waals surface area contributed by atoms with Gasteiger partial charge in [0.1, 0.15) is 0 Å². The maximum absolute atomic E-state index is 11.5. The van der Waals surface area contributed by atoms with Crippen molar-refractivity contribution in [3.05, 3.63) is 0 Å². The number of hydrogen-bond acceptors (Lipinski definition) is 4. The number of nitrogens with two attached hydrogens (primary N) is 2. The summed E-state index contributed by atoms with van der Waals surface area (Å²) in [4.78, 5) is 11.5. The van der Waals surface area contributed by atoms with Crippen molar-refractivity contribution in [3.63, 3.8) is 0 Å². The number of hydrogen-bond donors (Lipinski definition) is 2. The summed E-state index contributed by atoms with van der Waals surface area (Å²) in [5.74, 6) is 1.72. The molecule has 4 heteroatoms. The van der Waals surface area contributed by atoms with Gasteiger partial charge in [0, 0.05) is 5.54 Å². The summed E-state index contributed by atoms with van der Waals surface area (Å²) in [6.07, 6.45) is 6.14. The maximum atomic E-state index is 11.5. The number of carbonyl (C=O) groups excluding carboxylic acids is 1. The monoisotopic (exact) mass is 212 g/mol. The first-order valence-electron chi connectivity index (χ1n) is 4.98. The Morgan fingerprint density at radius 1 is 1.40 bits per heavy atom. The van der Waals surface area contributed by atoms with Crippen LogP contribution in [0, 0.1) is 12.3 Å². The zero-order chi connectivity index (χ0) is 12.1. The van der Waals surface area contributed by atoms with Crippen molar-refractivity contribution < 1.29 is 9.53 Å². The van der Waals surface area contributed by atoms with E-state index in [1.807, 2.05) is 13.8 Å². The van der Waals surface area contributed by atoms with Crippen LogP contribution in [-0.2, 0) is 9.53 Å². The topological polar surface area (TPSA) is 78.3 Å². The number of terminal acetylenes is 1. The molecule has 0 rings (SSSR count). The van der Waals surface area contributed by atoms with Crippen molar-refractivity contribution >= 4 is 5.97 Å².